The first-order valence-electron chi connectivity index (χ1n) is 10.5. The molecule has 162 valence electrons. The Bertz CT molecular complexity index is 1170. The highest BCUT2D eigenvalue weighted by molar-refractivity contribution is 7.13. The largest absolute Gasteiger partial charge is 0.353 e. The van der Waals surface area contributed by atoms with Crippen molar-refractivity contribution >= 4 is 23.1 Å². The minimum Gasteiger partial charge on any atom is -0.353 e. The molecule has 8 nitrogen and oxygen atoms in total. The van der Waals surface area contributed by atoms with Crippen molar-refractivity contribution in [3.8, 4) is 22.1 Å². The molecule has 1 aliphatic rings. The maximum Gasteiger partial charge on any atom is 0.227 e. The van der Waals surface area contributed by atoms with Crippen LogP contribution in [0.4, 0.5) is 5.82 Å². The van der Waals surface area contributed by atoms with Crippen molar-refractivity contribution in [1.29, 1.82) is 0 Å². The second-order valence-electron chi connectivity index (χ2n) is 7.46. The van der Waals surface area contributed by atoms with Gasteiger partial charge in [-0.25, -0.2) is 9.97 Å². The van der Waals surface area contributed by atoms with Gasteiger partial charge >= 0.3 is 0 Å². The van der Waals surface area contributed by atoms with E-state index in [2.05, 4.69) is 20.0 Å². The molecule has 4 aromatic rings. The number of benzene rings is 1. The molecule has 0 unspecified atom stereocenters. The van der Waals surface area contributed by atoms with Crippen molar-refractivity contribution in [1.82, 2.24) is 25.0 Å². The number of carbonyl (C=O) groups is 1. The number of piperazine rings is 1. The molecule has 1 amide bonds. The minimum atomic E-state index is 0.105. The first-order chi connectivity index (χ1) is 15.8. The summed E-state index contributed by atoms with van der Waals surface area (Å²) in [7, 11) is 0. The summed E-state index contributed by atoms with van der Waals surface area (Å²) in [5.41, 5.74) is 0.992. The van der Waals surface area contributed by atoms with Crippen molar-refractivity contribution in [2.24, 2.45) is 0 Å². The minimum absolute atomic E-state index is 0.105. The Balaban J connectivity index is 1.14. The van der Waals surface area contributed by atoms with E-state index in [9.17, 15) is 4.79 Å². The van der Waals surface area contributed by atoms with Crippen LogP contribution in [0.3, 0.4) is 0 Å². The number of carbonyl (C=O) groups excluding carboxylic acids is 1. The Labute approximate surface area is 189 Å². The molecule has 3 aromatic heterocycles. The molecule has 1 aromatic carbocycles. The van der Waals surface area contributed by atoms with E-state index in [1.807, 2.05) is 58.8 Å². The summed E-state index contributed by atoms with van der Waals surface area (Å²) in [4.78, 5) is 31.2. The molecule has 32 heavy (non-hydrogen) atoms. The Morgan fingerprint density at radius 2 is 1.81 bits per heavy atom. The van der Waals surface area contributed by atoms with Crippen LogP contribution in [0, 0.1) is 0 Å². The highest BCUT2D eigenvalue weighted by Crippen LogP contribution is 2.22. The zero-order valence-corrected chi connectivity index (χ0v) is 18.2. The SMILES string of the molecule is O=C(CCc1nc(-c2cccs2)no1)N1CCN(c2ccnc(-c3ccccc3)n2)CC1. The molecule has 0 bridgehead atoms. The van der Waals surface area contributed by atoms with E-state index in [4.69, 9.17) is 9.51 Å². The summed E-state index contributed by atoms with van der Waals surface area (Å²) in [5.74, 6) is 2.78. The molecule has 1 fully saturated rings. The third kappa shape index (κ3) is 4.52. The number of aromatic nitrogens is 4. The lowest BCUT2D eigenvalue weighted by molar-refractivity contribution is -0.131. The van der Waals surface area contributed by atoms with Crippen LogP contribution in [0.1, 0.15) is 12.3 Å². The summed E-state index contributed by atoms with van der Waals surface area (Å²) in [6, 6.07) is 15.8. The predicted molar refractivity (Wildman–Crippen MR) is 122 cm³/mol. The summed E-state index contributed by atoms with van der Waals surface area (Å²) < 4.78 is 5.30. The van der Waals surface area contributed by atoms with Crippen LogP contribution in [0.5, 0.6) is 0 Å². The summed E-state index contributed by atoms with van der Waals surface area (Å²) in [5, 5.41) is 5.97. The lowest BCUT2D eigenvalue weighted by atomic mass is 10.2. The third-order valence-corrected chi connectivity index (χ3v) is 6.26. The van der Waals surface area contributed by atoms with Crippen molar-refractivity contribution in [3.63, 3.8) is 0 Å². The zero-order chi connectivity index (χ0) is 21.8. The normalized spacial score (nSPS) is 14.0. The molecule has 1 saturated heterocycles. The molecule has 5 rings (SSSR count). The quantitative estimate of drug-likeness (QED) is 0.448. The van der Waals surface area contributed by atoms with Crippen molar-refractivity contribution in [2.75, 3.05) is 31.1 Å². The monoisotopic (exact) mass is 446 g/mol. The number of rotatable bonds is 6. The molecule has 0 N–H and O–H groups in total. The van der Waals surface area contributed by atoms with Gasteiger partial charge in [0.05, 0.1) is 4.88 Å². The maximum atomic E-state index is 12.7. The number of anilines is 1. The molecule has 0 aliphatic carbocycles. The van der Waals surface area contributed by atoms with Gasteiger partial charge in [0.1, 0.15) is 5.82 Å². The van der Waals surface area contributed by atoms with Crippen LogP contribution < -0.4 is 4.90 Å². The van der Waals surface area contributed by atoms with Gasteiger partial charge in [-0.05, 0) is 17.5 Å². The molecule has 4 heterocycles. The summed E-state index contributed by atoms with van der Waals surface area (Å²) >= 11 is 1.56. The fourth-order valence-corrected chi connectivity index (χ4v) is 4.32. The van der Waals surface area contributed by atoms with Gasteiger partial charge in [0.2, 0.25) is 17.6 Å². The van der Waals surface area contributed by atoms with Crippen molar-refractivity contribution in [3.05, 3.63) is 66.0 Å². The number of hydrogen-bond donors (Lipinski definition) is 0. The molecule has 9 heteroatoms. The molecule has 0 radical (unpaired) electrons. The van der Waals surface area contributed by atoms with E-state index in [0.29, 0.717) is 43.5 Å². The maximum absolute atomic E-state index is 12.7. The van der Waals surface area contributed by atoms with Gasteiger partial charge in [-0.15, -0.1) is 11.3 Å². The van der Waals surface area contributed by atoms with Gasteiger partial charge in [0.25, 0.3) is 0 Å². The lowest BCUT2D eigenvalue weighted by Crippen LogP contribution is -2.49. The molecular formula is C23H22N6O2S. The van der Waals surface area contributed by atoms with Gasteiger partial charge in [-0.3, -0.25) is 4.79 Å². The van der Waals surface area contributed by atoms with E-state index in [1.54, 1.807) is 17.5 Å². The highest BCUT2D eigenvalue weighted by atomic mass is 32.1. The van der Waals surface area contributed by atoms with E-state index < -0.39 is 0 Å². The van der Waals surface area contributed by atoms with Gasteiger partial charge < -0.3 is 14.3 Å². The molecular weight excluding hydrogens is 424 g/mol. The fraction of sp³-hybridized carbons (Fsp3) is 0.261. The van der Waals surface area contributed by atoms with Crippen LogP contribution in [-0.2, 0) is 11.2 Å². The van der Waals surface area contributed by atoms with Crippen molar-refractivity contribution in [2.45, 2.75) is 12.8 Å². The second-order valence-corrected chi connectivity index (χ2v) is 8.41. The number of thiophene rings is 1. The average Bonchev–Trinajstić information content (AvgIpc) is 3.56. The van der Waals surface area contributed by atoms with Crippen LogP contribution in [0.2, 0.25) is 0 Å². The van der Waals surface area contributed by atoms with E-state index in [1.165, 1.54) is 0 Å². The number of amides is 1. The van der Waals surface area contributed by atoms with Crippen LogP contribution >= 0.6 is 11.3 Å². The van der Waals surface area contributed by atoms with E-state index >= 15 is 0 Å². The Kier molecular flexibility index (Phi) is 5.89. The van der Waals surface area contributed by atoms with Crippen LogP contribution in [0.25, 0.3) is 22.1 Å². The highest BCUT2D eigenvalue weighted by Gasteiger charge is 2.23. The van der Waals surface area contributed by atoms with Gasteiger partial charge in [0.15, 0.2) is 5.82 Å². The van der Waals surface area contributed by atoms with Crippen LogP contribution in [-0.4, -0.2) is 57.1 Å². The predicted octanol–water partition coefficient (Wildman–Crippen LogP) is 3.54. The first kappa shape index (κ1) is 20.3. The number of nitrogens with zero attached hydrogens (tertiary/aromatic N) is 6. The number of aryl methyl sites for hydroxylation is 1. The Morgan fingerprint density at radius 3 is 2.59 bits per heavy atom. The molecule has 0 atom stereocenters. The van der Waals surface area contributed by atoms with Crippen molar-refractivity contribution < 1.29 is 9.32 Å². The van der Waals surface area contributed by atoms with Gasteiger partial charge in [0, 0.05) is 50.8 Å². The third-order valence-electron chi connectivity index (χ3n) is 5.39. The first-order valence-corrected chi connectivity index (χ1v) is 11.4. The van der Waals surface area contributed by atoms with Gasteiger partial charge in [-0.1, -0.05) is 41.6 Å². The zero-order valence-electron chi connectivity index (χ0n) is 17.4. The standard InChI is InChI=1S/C23H22N6O2S/c30-21(9-8-20-26-23(27-31-20)18-7-4-16-32-18)29-14-12-28(13-15-29)19-10-11-24-22(25-19)17-5-2-1-3-6-17/h1-7,10-11,16H,8-9,12-15H2. The average molecular weight is 447 g/mol. The van der Waals surface area contributed by atoms with Gasteiger partial charge in [-0.2, -0.15) is 4.98 Å². The van der Waals surface area contributed by atoms with E-state index in [-0.39, 0.29) is 5.91 Å². The van der Waals surface area contributed by atoms with E-state index in [0.717, 1.165) is 29.3 Å². The molecule has 0 spiro atoms. The topological polar surface area (TPSA) is 88.3 Å². The molecule has 1 aliphatic heterocycles. The summed E-state index contributed by atoms with van der Waals surface area (Å²) in [6.45, 7) is 2.79. The Morgan fingerprint density at radius 1 is 0.969 bits per heavy atom. The lowest BCUT2D eigenvalue weighted by Gasteiger charge is -2.35. The number of hydrogen-bond acceptors (Lipinski definition) is 8. The fourth-order valence-electron chi connectivity index (χ4n) is 3.67. The Hall–Kier alpha value is -3.59. The summed E-state index contributed by atoms with van der Waals surface area (Å²) in [6.07, 6.45) is 2.60. The molecule has 0 saturated carbocycles. The smallest absolute Gasteiger partial charge is 0.227 e. The van der Waals surface area contributed by atoms with Crippen LogP contribution in [0.15, 0.2) is 64.6 Å². The second kappa shape index (κ2) is 9.27.